The van der Waals surface area contributed by atoms with Crippen LogP contribution in [0.2, 0.25) is 0 Å². The minimum absolute atomic E-state index is 0.277. The molecule has 0 aromatic heterocycles. The van der Waals surface area contributed by atoms with Gasteiger partial charge in [-0.15, -0.1) is 0 Å². The summed E-state index contributed by atoms with van der Waals surface area (Å²) in [5.74, 6) is -0.277. The zero-order valence-electron chi connectivity index (χ0n) is 11.9. The highest BCUT2D eigenvalue weighted by atomic mass is 16.5. The molecule has 0 saturated heterocycles. The van der Waals surface area contributed by atoms with Crippen LogP contribution in [-0.2, 0) is 4.74 Å². The lowest BCUT2D eigenvalue weighted by Gasteiger charge is -2.10. The van der Waals surface area contributed by atoms with Crippen LogP contribution in [-0.4, -0.2) is 12.6 Å². The number of fused-ring (bicyclic) bond motifs is 1. The zero-order chi connectivity index (χ0) is 14.7. The number of carbonyl (C=O) groups excluding carboxylic acids is 1. The van der Waals surface area contributed by atoms with E-state index >= 15 is 0 Å². The molecule has 0 aliphatic carbocycles. The van der Waals surface area contributed by atoms with Crippen molar-refractivity contribution in [3.05, 3.63) is 72.3 Å². The highest BCUT2D eigenvalue weighted by Crippen LogP contribution is 2.30. The summed E-state index contributed by atoms with van der Waals surface area (Å²) in [5, 5.41) is 2.18. The maximum Gasteiger partial charge on any atom is 0.338 e. The van der Waals surface area contributed by atoms with Gasteiger partial charge in [-0.3, -0.25) is 0 Å². The van der Waals surface area contributed by atoms with Crippen molar-refractivity contribution in [3.8, 4) is 11.1 Å². The van der Waals surface area contributed by atoms with Crippen molar-refractivity contribution in [1.29, 1.82) is 0 Å². The molecule has 0 amide bonds. The number of carbonyl (C=O) groups is 1. The van der Waals surface area contributed by atoms with Crippen LogP contribution in [0, 0.1) is 0 Å². The Morgan fingerprint density at radius 3 is 2.43 bits per heavy atom. The Morgan fingerprint density at radius 2 is 1.67 bits per heavy atom. The van der Waals surface area contributed by atoms with Crippen LogP contribution in [0.5, 0.6) is 0 Å². The van der Waals surface area contributed by atoms with Gasteiger partial charge in [-0.25, -0.2) is 4.79 Å². The summed E-state index contributed by atoms with van der Waals surface area (Å²) in [4.78, 5) is 12.0. The fourth-order valence-corrected chi connectivity index (χ4v) is 2.50. The number of hydrogen-bond acceptors (Lipinski definition) is 2. The van der Waals surface area contributed by atoms with Crippen molar-refractivity contribution in [2.75, 3.05) is 6.61 Å². The van der Waals surface area contributed by atoms with Crippen molar-refractivity contribution in [3.63, 3.8) is 0 Å². The second kappa shape index (κ2) is 5.80. The SMILES string of the molecule is CCOC(=O)c1cc(-c2ccccc2)c2ccccc2c1. The highest BCUT2D eigenvalue weighted by molar-refractivity contribution is 6.03. The predicted molar refractivity (Wildman–Crippen MR) is 85.3 cm³/mol. The third-order valence-electron chi connectivity index (χ3n) is 3.46. The standard InChI is InChI=1S/C19H16O2/c1-2-21-19(20)16-12-15-10-6-7-11-17(15)18(13-16)14-8-4-3-5-9-14/h3-13H,2H2,1H3. The summed E-state index contributed by atoms with van der Waals surface area (Å²) in [6, 6.07) is 22.0. The van der Waals surface area contributed by atoms with Gasteiger partial charge in [-0.1, -0.05) is 54.6 Å². The van der Waals surface area contributed by atoms with Gasteiger partial charge in [0.25, 0.3) is 0 Å². The molecule has 0 N–H and O–H groups in total. The fourth-order valence-electron chi connectivity index (χ4n) is 2.50. The molecular weight excluding hydrogens is 260 g/mol. The van der Waals surface area contributed by atoms with Gasteiger partial charge in [-0.2, -0.15) is 0 Å². The van der Waals surface area contributed by atoms with Gasteiger partial charge in [0, 0.05) is 0 Å². The van der Waals surface area contributed by atoms with E-state index in [0.29, 0.717) is 12.2 Å². The van der Waals surface area contributed by atoms with Gasteiger partial charge < -0.3 is 4.74 Å². The van der Waals surface area contributed by atoms with Crippen LogP contribution in [0.1, 0.15) is 17.3 Å². The molecule has 0 atom stereocenters. The molecule has 3 aromatic rings. The Bertz CT molecular complexity index is 776. The zero-order valence-corrected chi connectivity index (χ0v) is 11.9. The second-order valence-electron chi connectivity index (χ2n) is 4.83. The van der Waals surface area contributed by atoms with Crippen molar-refractivity contribution >= 4 is 16.7 Å². The molecule has 0 bridgehead atoms. The quantitative estimate of drug-likeness (QED) is 0.649. The normalized spacial score (nSPS) is 10.5. The lowest BCUT2D eigenvalue weighted by Crippen LogP contribution is -2.04. The van der Waals surface area contributed by atoms with E-state index in [1.165, 1.54) is 0 Å². The van der Waals surface area contributed by atoms with Crippen molar-refractivity contribution in [1.82, 2.24) is 0 Å². The maximum absolute atomic E-state index is 12.0. The van der Waals surface area contributed by atoms with Gasteiger partial charge in [0.2, 0.25) is 0 Å². The summed E-state index contributed by atoms with van der Waals surface area (Å²) in [5.41, 5.74) is 2.74. The summed E-state index contributed by atoms with van der Waals surface area (Å²) in [6.45, 7) is 2.20. The lowest BCUT2D eigenvalue weighted by atomic mass is 9.95. The summed E-state index contributed by atoms with van der Waals surface area (Å²) < 4.78 is 5.13. The van der Waals surface area contributed by atoms with Gasteiger partial charge in [0.1, 0.15) is 0 Å². The Labute approximate surface area is 124 Å². The van der Waals surface area contributed by atoms with Crippen LogP contribution < -0.4 is 0 Å². The summed E-state index contributed by atoms with van der Waals surface area (Å²) in [6.07, 6.45) is 0. The molecule has 0 heterocycles. The van der Waals surface area contributed by atoms with Crippen LogP contribution >= 0.6 is 0 Å². The maximum atomic E-state index is 12.0. The highest BCUT2D eigenvalue weighted by Gasteiger charge is 2.11. The fraction of sp³-hybridized carbons (Fsp3) is 0.105. The molecular formula is C19H16O2. The second-order valence-corrected chi connectivity index (χ2v) is 4.83. The van der Waals surface area contributed by atoms with Crippen LogP contribution in [0.3, 0.4) is 0 Å². The summed E-state index contributed by atoms with van der Waals surface area (Å²) in [7, 11) is 0. The van der Waals surface area contributed by atoms with Gasteiger partial charge in [-0.05, 0) is 41.0 Å². The first-order valence-electron chi connectivity index (χ1n) is 7.05. The molecule has 0 spiro atoms. The van der Waals surface area contributed by atoms with E-state index in [1.54, 1.807) is 0 Å². The number of benzene rings is 3. The Hall–Kier alpha value is -2.61. The summed E-state index contributed by atoms with van der Waals surface area (Å²) >= 11 is 0. The van der Waals surface area contributed by atoms with Gasteiger partial charge >= 0.3 is 5.97 Å². The van der Waals surface area contributed by atoms with Gasteiger partial charge in [0.15, 0.2) is 0 Å². The van der Waals surface area contributed by atoms with E-state index in [4.69, 9.17) is 4.74 Å². The molecule has 0 saturated carbocycles. The first-order chi connectivity index (χ1) is 10.3. The molecule has 3 aromatic carbocycles. The van der Waals surface area contributed by atoms with E-state index in [-0.39, 0.29) is 5.97 Å². The molecule has 21 heavy (non-hydrogen) atoms. The molecule has 2 nitrogen and oxygen atoms in total. The Morgan fingerprint density at radius 1 is 0.952 bits per heavy atom. The largest absolute Gasteiger partial charge is 0.462 e. The molecule has 0 unspecified atom stereocenters. The van der Waals surface area contributed by atoms with Crippen LogP contribution in [0.15, 0.2) is 66.7 Å². The minimum Gasteiger partial charge on any atom is -0.462 e. The van der Waals surface area contributed by atoms with E-state index < -0.39 is 0 Å². The lowest BCUT2D eigenvalue weighted by molar-refractivity contribution is 0.0526. The molecule has 0 fully saturated rings. The predicted octanol–water partition coefficient (Wildman–Crippen LogP) is 4.68. The van der Waals surface area contributed by atoms with Gasteiger partial charge in [0.05, 0.1) is 12.2 Å². The Balaban J connectivity index is 2.23. The topological polar surface area (TPSA) is 26.3 Å². The molecule has 0 aliphatic rings. The third kappa shape index (κ3) is 2.65. The third-order valence-corrected chi connectivity index (χ3v) is 3.46. The molecule has 2 heteroatoms. The average Bonchev–Trinajstić information content (AvgIpc) is 2.55. The van der Waals surface area contributed by atoms with Crippen LogP contribution in [0.4, 0.5) is 0 Å². The van der Waals surface area contributed by atoms with E-state index in [2.05, 4.69) is 18.2 Å². The molecule has 104 valence electrons. The minimum atomic E-state index is -0.277. The number of rotatable bonds is 3. The van der Waals surface area contributed by atoms with E-state index in [9.17, 15) is 4.79 Å². The number of hydrogen-bond donors (Lipinski definition) is 0. The van der Waals surface area contributed by atoms with Crippen molar-refractivity contribution in [2.45, 2.75) is 6.92 Å². The smallest absolute Gasteiger partial charge is 0.338 e. The molecule has 0 radical (unpaired) electrons. The monoisotopic (exact) mass is 276 g/mol. The van der Waals surface area contributed by atoms with Crippen LogP contribution in [0.25, 0.3) is 21.9 Å². The first kappa shape index (κ1) is 13.4. The van der Waals surface area contributed by atoms with E-state index in [0.717, 1.165) is 21.9 Å². The molecule has 0 aliphatic heterocycles. The number of esters is 1. The number of ether oxygens (including phenoxy) is 1. The molecule has 3 rings (SSSR count). The van der Waals surface area contributed by atoms with Crippen molar-refractivity contribution < 1.29 is 9.53 Å². The average molecular weight is 276 g/mol. The first-order valence-corrected chi connectivity index (χ1v) is 7.05. The Kier molecular flexibility index (Phi) is 3.69. The van der Waals surface area contributed by atoms with Crippen molar-refractivity contribution in [2.24, 2.45) is 0 Å². The van der Waals surface area contributed by atoms with E-state index in [1.807, 2.05) is 55.5 Å².